The second-order valence-corrected chi connectivity index (χ2v) is 1.57. The second kappa shape index (κ2) is 2.40. The third kappa shape index (κ3) is 1.13. The van der Waals surface area contributed by atoms with E-state index in [9.17, 15) is 4.39 Å². The standard InChI is InChI=1S/C7H6FN/c1-2-7-6(8)4-3-5-9-7/h2-5H,1H2. The number of aromatic nitrogens is 1. The molecule has 0 saturated carbocycles. The van der Waals surface area contributed by atoms with E-state index in [2.05, 4.69) is 11.6 Å². The molecule has 1 heterocycles. The van der Waals surface area contributed by atoms with Gasteiger partial charge >= 0.3 is 0 Å². The van der Waals surface area contributed by atoms with Crippen LogP contribution in [0.3, 0.4) is 0 Å². The van der Waals surface area contributed by atoms with Crippen molar-refractivity contribution in [1.82, 2.24) is 4.98 Å². The summed E-state index contributed by atoms with van der Waals surface area (Å²) < 4.78 is 12.5. The quantitative estimate of drug-likeness (QED) is 0.555. The molecule has 0 radical (unpaired) electrons. The Morgan fingerprint density at radius 1 is 1.67 bits per heavy atom. The Morgan fingerprint density at radius 2 is 2.44 bits per heavy atom. The van der Waals surface area contributed by atoms with E-state index in [-0.39, 0.29) is 5.82 Å². The van der Waals surface area contributed by atoms with E-state index >= 15 is 0 Å². The average Bonchev–Trinajstić information content (AvgIpc) is 1.89. The van der Waals surface area contributed by atoms with Crippen LogP contribution < -0.4 is 0 Å². The molecule has 0 saturated heterocycles. The lowest BCUT2D eigenvalue weighted by atomic mass is 10.3. The highest BCUT2D eigenvalue weighted by Gasteiger charge is 1.93. The molecule has 1 aromatic heterocycles. The molecular formula is C7H6FN. The Hall–Kier alpha value is -1.18. The fourth-order valence-corrected chi connectivity index (χ4v) is 0.548. The minimum absolute atomic E-state index is 0.303. The zero-order valence-corrected chi connectivity index (χ0v) is 4.84. The number of pyridine rings is 1. The SMILES string of the molecule is C=Cc1ncccc1F. The number of halogens is 1. The topological polar surface area (TPSA) is 12.9 Å². The van der Waals surface area contributed by atoms with Crippen LogP contribution in [0.2, 0.25) is 0 Å². The average molecular weight is 123 g/mol. The summed E-state index contributed by atoms with van der Waals surface area (Å²) in [5, 5.41) is 0. The van der Waals surface area contributed by atoms with Gasteiger partial charge in [-0.2, -0.15) is 0 Å². The van der Waals surface area contributed by atoms with Gasteiger partial charge in [-0.1, -0.05) is 6.58 Å². The zero-order chi connectivity index (χ0) is 6.69. The first-order valence-corrected chi connectivity index (χ1v) is 2.57. The molecule has 0 unspecified atom stereocenters. The normalized spacial score (nSPS) is 9.00. The van der Waals surface area contributed by atoms with Crippen LogP contribution in [-0.2, 0) is 0 Å². The van der Waals surface area contributed by atoms with Gasteiger partial charge < -0.3 is 0 Å². The molecule has 1 aromatic rings. The molecule has 0 aliphatic rings. The van der Waals surface area contributed by atoms with Crippen molar-refractivity contribution in [2.24, 2.45) is 0 Å². The lowest BCUT2D eigenvalue weighted by Crippen LogP contribution is -1.83. The molecule has 2 heteroatoms. The van der Waals surface area contributed by atoms with Gasteiger partial charge in [0.05, 0.1) is 5.69 Å². The van der Waals surface area contributed by atoms with Crippen molar-refractivity contribution in [2.45, 2.75) is 0 Å². The molecule has 9 heavy (non-hydrogen) atoms. The van der Waals surface area contributed by atoms with E-state index in [1.165, 1.54) is 18.3 Å². The molecule has 0 aromatic carbocycles. The van der Waals surface area contributed by atoms with Gasteiger partial charge in [-0.25, -0.2) is 4.39 Å². The fourth-order valence-electron chi connectivity index (χ4n) is 0.548. The number of hydrogen-bond donors (Lipinski definition) is 0. The molecular weight excluding hydrogens is 117 g/mol. The summed E-state index contributed by atoms with van der Waals surface area (Å²) in [7, 11) is 0. The van der Waals surface area contributed by atoms with Crippen molar-refractivity contribution >= 4 is 6.08 Å². The van der Waals surface area contributed by atoms with Crippen LogP contribution >= 0.6 is 0 Å². The maximum Gasteiger partial charge on any atom is 0.148 e. The van der Waals surface area contributed by atoms with E-state index in [0.29, 0.717) is 5.69 Å². The number of rotatable bonds is 1. The molecule has 1 rings (SSSR count). The smallest absolute Gasteiger partial charge is 0.148 e. The van der Waals surface area contributed by atoms with Gasteiger partial charge in [0.2, 0.25) is 0 Å². The Labute approximate surface area is 52.9 Å². The third-order valence-electron chi connectivity index (χ3n) is 0.980. The van der Waals surface area contributed by atoms with E-state index in [1.807, 2.05) is 0 Å². The summed E-state index contributed by atoms with van der Waals surface area (Å²) >= 11 is 0. The summed E-state index contributed by atoms with van der Waals surface area (Å²) in [5.41, 5.74) is 0.303. The minimum atomic E-state index is -0.326. The van der Waals surface area contributed by atoms with E-state index < -0.39 is 0 Å². The third-order valence-corrected chi connectivity index (χ3v) is 0.980. The first-order valence-electron chi connectivity index (χ1n) is 2.57. The van der Waals surface area contributed by atoms with Crippen LogP contribution in [0, 0.1) is 5.82 Å². The lowest BCUT2D eigenvalue weighted by Gasteiger charge is -1.90. The Bertz CT molecular complexity index is 220. The van der Waals surface area contributed by atoms with Gasteiger partial charge in [-0.05, 0) is 18.2 Å². The predicted molar refractivity (Wildman–Crippen MR) is 34.3 cm³/mol. The first-order chi connectivity index (χ1) is 4.34. The van der Waals surface area contributed by atoms with E-state index in [4.69, 9.17) is 0 Å². The van der Waals surface area contributed by atoms with Crippen molar-refractivity contribution in [3.05, 3.63) is 36.4 Å². The molecule has 0 bridgehead atoms. The molecule has 0 aliphatic carbocycles. The van der Waals surface area contributed by atoms with Crippen LogP contribution in [0.4, 0.5) is 4.39 Å². The first kappa shape index (κ1) is 5.95. The number of hydrogen-bond acceptors (Lipinski definition) is 1. The zero-order valence-electron chi connectivity index (χ0n) is 4.84. The summed E-state index contributed by atoms with van der Waals surface area (Å²) in [6.07, 6.45) is 2.91. The van der Waals surface area contributed by atoms with Crippen LogP contribution in [0.1, 0.15) is 5.69 Å². The van der Waals surface area contributed by atoms with Crippen molar-refractivity contribution < 1.29 is 4.39 Å². The fraction of sp³-hybridized carbons (Fsp3) is 0. The van der Waals surface area contributed by atoms with Crippen molar-refractivity contribution in [3.8, 4) is 0 Å². The summed E-state index contributed by atoms with van der Waals surface area (Å²) in [4.78, 5) is 3.70. The molecule has 0 spiro atoms. The minimum Gasteiger partial charge on any atom is -0.254 e. The highest BCUT2D eigenvalue weighted by Crippen LogP contribution is 2.01. The Kier molecular flexibility index (Phi) is 1.58. The Balaban J connectivity index is 3.15. The summed E-state index contributed by atoms with van der Waals surface area (Å²) in [6.45, 7) is 3.39. The highest BCUT2D eigenvalue weighted by atomic mass is 19.1. The molecule has 0 fully saturated rings. The van der Waals surface area contributed by atoms with Crippen molar-refractivity contribution in [3.63, 3.8) is 0 Å². The maximum atomic E-state index is 12.5. The van der Waals surface area contributed by atoms with Crippen LogP contribution in [-0.4, -0.2) is 4.98 Å². The summed E-state index contributed by atoms with van der Waals surface area (Å²) in [6, 6.07) is 2.90. The predicted octanol–water partition coefficient (Wildman–Crippen LogP) is 1.86. The van der Waals surface area contributed by atoms with Crippen molar-refractivity contribution in [1.29, 1.82) is 0 Å². The molecule has 0 aliphatic heterocycles. The van der Waals surface area contributed by atoms with Crippen LogP contribution in [0.15, 0.2) is 24.9 Å². The summed E-state index contributed by atoms with van der Waals surface area (Å²) in [5.74, 6) is -0.326. The molecule has 0 amide bonds. The monoisotopic (exact) mass is 123 g/mol. The van der Waals surface area contributed by atoms with Gasteiger partial charge in [0.25, 0.3) is 0 Å². The van der Waals surface area contributed by atoms with Gasteiger partial charge in [0, 0.05) is 6.20 Å². The van der Waals surface area contributed by atoms with Gasteiger partial charge in [-0.3, -0.25) is 4.98 Å². The van der Waals surface area contributed by atoms with Crippen LogP contribution in [0.25, 0.3) is 6.08 Å². The maximum absolute atomic E-state index is 12.5. The van der Waals surface area contributed by atoms with E-state index in [0.717, 1.165) is 0 Å². The molecule has 0 N–H and O–H groups in total. The molecule has 1 nitrogen and oxygen atoms in total. The van der Waals surface area contributed by atoms with Crippen LogP contribution in [0.5, 0.6) is 0 Å². The largest absolute Gasteiger partial charge is 0.254 e. The van der Waals surface area contributed by atoms with Crippen molar-refractivity contribution in [2.75, 3.05) is 0 Å². The molecule has 0 atom stereocenters. The number of nitrogens with zero attached hydrogens (tertiary/aromatic N) is 1. The van der Waals surface area contributed by atoms with E-state index in [1.54, 1.807) is 6.07 Å². The Morgan fingerprint density at radius 3 is 2.89 bits per heavy atom. The van der Waals surface area contributed by atoms with Gasteiger partial charge in [-0.15, -0.1) is 0 Å². The molecule has 46 valence electrons. The van der Waals surface area contributed by atoms with Gasteiger partial charge in [0.15, 0.2) is 0 Å². The van der Waals surface area contributed by atoms with Gasteiger partial charge in [0.1, 0.15) is 5.82 Å². The highest BCUT2D eigenvalue weighted by molar-refractivity contribution is 5.41. The lowest BCUT2D eigenvalue weighted by molar-refractivity contribution is 0.618. The second-order valence-electron chi connectivity index (χ2n) is 1.57.